The zero-order valence-corrected chi connectivity index (χ0v) is 17.9. The molecule has 4 nitrogen and oxygen atoms in total. The number of fused-ring (bicyclic) bond motifs is 1. The number of aromatic amines is 1. The number of likely N-dealkylation sites (tertiary alicyclic amines) is 1. The van der Waals surface area contributed by atoms with Crippen LogP contribution in [0.4, 0.5) is 0 Å². The Balaban J connectivity index is 1.71. The van der Waals surface area contributed by atoms with Gasteiger partial charge in [0.25, 0.3) is 0 Å². The van der Waals surface area contributed by atoms with E-state index in [2.05, 4.69) is 36.8 Å². The minimum Gasteiger partial charge on any atom is -0.478 e. The van der Waals surface area contributed by atoms with Crippen molar-refractivity contribution in [3.8, 4) is 0 Å². The Bertz CT molecular complexity index is 1050. The van der Waals surface area contributed by atoms with Crippen molar-refractivity contribution in [1.29, 1.82) is 0 Å². The minimum atomic E-state index is -0.881. The van der Waals surface area contributed by atoms with Gasteiger partial charge in [0.05, 0.1) is 16.1 Å². The standard InChI is InChI=1S/C24H27ClN2O2/c1-14-10-15(2)23-22(21(25)12-26-23)19(14)11-18-8-9-27(3)13-20(18)16-4-6-17(7-5-16)24(28)29/h4-7,10,12,18,20,26H,8-9,11,13H2,1-3H3,(H,28,29)/t18-,20-/m0/s1. The first-order valence-corrected chi connectivity index (χ1v) is 10.5. The maximum atomic E-state index is 11.2. The first-order chi connectivity index (χ1) is 13.8. The molecule has 0 radical (unpaired) electrons. The van der Waals surface area contributed by atoms with E-state index in [1.54, 1.807) is 12.1 Å². The van der Waals surface area contributed by atoms with E-state index < -0.39 is 5.97 Å². The van der Waals surface area contributed by atoms with Gasteiger partial charge in [-0.05, 0) is 86.5 Å². The fourth-order valence-electron chi connectivity index (χ4n) is 4.87. The molecule has 0 spiro atoms. The third kappa shape index (κ3) is 3.79. The lowest BCUT2D eigenvalue weighted by Crippen LogP contribution is -2.37. The molecule has 5 heteroatoms. The number of halogens is 1. The molecule has 29 heavy (non-hydrogen) atoms. The number of benzene rings is 2. The molecule has 1 aliphatic heterocycles. The summed E-state index contributed by atoms with van der Waals surface area (Å²) >= 11 is 6.57. The summed E-state index contributed by atoms with van der Waals surface area (Å²) in [6, 6.07) is 9.67. The molecule has 2 heterocycles. The number of piperidine rings is 1. The van der Waals surface area contributed by atoms with E-state index in [0.717, 1.165) is 41.9 Å². The number of hydrogen-bond donors (Lipinski definition) is 2. The van der Waals surface area contributed by atoms with Crippen LogP contribution in [0.2, 0.25) is 5.02 Å². The lowest BCUT2D eigenvalue weighted by molar-refractivity contribution is 0.0697. The summed E-state index contributed by atoms with van der Waals surface area (Å²) in [5, 5.41) is 11.2. The van der Waals surface area contributed by atoms with Gasteiger partial charge in [-0.1, -0.05) is 29.8 Å². The van der Waals surface area contributed by atoms with Gasteiger partial charge in [0.1, 0.15) is 0 Å². The third-order valence-corrected chi connectivity index (χ3v) is 6.75. The zero-order chi connectivity index (χ0) is 20.7. The molecule has 0 unspecified atom stereocenters. The van der Waals surface area contributed by atoms with Gasteiger partial charge in [0, 0.05) is 18.1 Å². The lowest BCUT2D eigenvalue weighted by atomic mass is 9.76. The maximum absolute atomic E-state index is 11.2. The van der Waals surface area contributed by atoms with Crippen LogP contribution in [0, 0.1) is 19.8 Å². The number of carboxylic acid groups (broad SMARTS) is 1. The fourth-order valence-corrected chi connectivity index (χ4v) is 5.13. The molecule has 0 amide bonds. The molecule has 152 valence electrons. The number of carboxylic acids is 1. The predicted octanol–water partition coefficient (Wildman–Crippen LogP) is 5.41. The highest BCUT2D eigenvalue weighted by atomic mass is 35.5. The molecule has 2 aromatic carbocycles. The predicted molar refractivity (Wildman–Crippen MR) is 118 cm³/mol. The van der Waals surface area contributed by atoms with E-state index in [1.165, 1.54) is 22.3 Å². The SMILES string of the molecule is Cc1cc(C)c2[nH]cc(Cl)c2c1C[C@@H]1CCN(C)C[C@H]1c1ccc(C(=O)O)cc1. The minimum absolute atomic E-state index is 0.338. The number of carbonyl (C=O) groups is 1. The average Bonchev–Trinajstić information content (AvgIpc) is 3.08. The van der Waals surface area contributed by atoms with Crippen molar-refractivity contribution in [2.24, 2.45) is 5.92 Å². The lowest BCUT2D eigenvalue weighted by Gasteiger charge is -2.37. The van der Waals surface area contributed by atoms with Crippen LogP contribution >= 0.6 is 11.6 Å². The van der Waals surface area contributed by atoms with Crippen LogP contribution in [0.1, 0.15) is 45.0 Å². The summed E-state index contributed by atoms with van der Waals surface area (Å²) in [7, 11) is 2.16. The summed E-state index contributed by atoms with van der Waals surface area (Å²) in [5.41, 5.74) is 6.52. The molecule has 0 bridgehead atoms. The molecule has 1 fully saturated rings. The summed E-state index contributed by atoms with van der Waals surface area (Å²) in [5.74, 6) is -0.0313. The number of likely N-dealkylation sites (N-methyl/N-ethyl adjacent to an activating group) is 1. The van der Waals surface area contributed by atoms with E-state index in [-0.39, 0.29) is 0 Å². The molecule has 1 aliphatic rings. The molecule has 2 N–H and O–H groups in total. The first-order valence-electron chi connectivity index (χ1n) is 10.1. The van der Waals surface area contributed by atoms with Crippen LogP contribution in [-0.4, -0.2) is 41.1 Å². The van der Waals surface area contributed by atoms with Crippen molar-refractivity contribution >= 4 is 28.5 Å². The van der Waals surface area contributed by atoms with Crippen molar-refractivity contribution in [2.75, 3.05) is 20.1 Å². The Labute approximate surface area is 176 Å². The molecule has 4 rings (SSSR count). The van der Waals surface area contributed by atoms with Gasteiger partial charge >= 0.3 is 5.97 Å². The largest absolute Gasteiger partial charge is 0.478 e. The summed E-state index contributed by atoms with van der Waals surface area (Å²) < 4.78 is 0. The Morgan fingerprint density at radius 1 is 1.24 bits per heavy atom. The summed E-state index contributed by atoms with van der Waals surface area (Å²) in [4.78, 5) is 16.9. The van der Waals surface area contributed by atoms with Gasteiger partial charge in [-0.2, -0.15) is 0 Å². The van der Waals surface area contributed by atoms with E-state index in [0.29, 0.717) is 17.4 Å². The summed E-state index contributed by atoms with van der Waals surface area (Å²) in [6.45, 7) is 6.35. The molecule has 0 saturated carbocycles. The van der Waals surface area contributed by atoms with Crippen LogP contribution in [0.3, 0.4) is 0 Å². The van der Waals surface area contributed by atoms with Crippen LogP contribution in [0.25, 0.3) is 10.9 Å². The van der Waals surface area contributed by atoms with Crippen LogP contribution in [0.5, 0.6) is 0 Å². The monoisotopic (exact) mass is 410 g/mol. The highest BCUT2D eigenvalue weighted by Crippen LogP contribution is 2.39. The van der Waals surface area contributed by atoms with Gasteiger partial charge < -0.3 is 15.0 Å². The Hall–Kier alpha value is -2.30. The Morgan fingerprint density at radius 3 is 2.66 bits per heavy atom. The van der Waals surface area contributed by atoms with Gasteiger partial charge in [-0.3, -0.25) is 0 Å². The van der Waals surface area contributed by atoms with Gasteiger partial charge in [0.2, 0.25) is 0 Å². The molecule has 3 aromatic rings. The van der Waals surface area contributed by atoms with Crippen molar-refractivity contribution < 1.29 is 9.90 Å². The quantitative estimate of drug-likeness (QED) is 0.604. The highest BCUT2D eigenvalue weighted by molar-refractivity contribution is 6.36. The fraction of sp³-hybridized carbons (Fsp3) is 0.375. The molecule has 2 atom stereocenters. The van der Waals surface area contributed by atoms with E-state index in [9.17, 15) is 9.90 Å². The van der Waals surface area contributed by atoms with Crippen molar-refractivity contribution in [2.45, 2.75) is 32.6 Å². The maximum Gasteiger partial charge on any atom is 0.335 e. The van der Waals surface area contributed by atoms with Crippen molar-refractivity contribution in [1.82, 2.24) is 9.88 Å². The van der Waals surface area contributed by atoms with Crippen molar-refractivity contribution in [3.05, 3.63) is 69.4 Å². The number of rotatable bonds is 4. The number of aromatic nitrogens is 1. The number of nitrogens with zero attached hydrogens (tertiary/aromatic N) is 1. The van der Waals surface area contributed by atoms with E-state index in [1.807, 2.05) is 18.3 Å². The normalized spacial score (nSPS) is 20.3. The second-order valence-corrected chi connectivity index (χ2v) is 8.83. The van der Waals surface area contributed by atoms with Gasteiger partial charge in [-0.25, -0.2) is 4.79 Å². The number of aryl methyl sites for hydroxylation is 2. The second kappa shape index (κ2) is 7.85. The van der Waals surface area contributed by atoms with Crippen LogP contribution < -0.4 is 0 Å². The van der Waals surface area contributed by atoms with Crippen LogP contribution in [-0.2, 0) is 6.42 Å². The smallest absolute Gasteiger partial charge is 0.335 e. The molecule has 0 aliphatic carbocycles. The molecule has 1 saturated heterocycles. The topological polar surface area (TPSA) is 56.3 Å². The van der Waals surface area contributed by atoms with Gasteiger partial charge in [0.15, 0.2) is 0 Å². The van der Waals surface area contributed by atoms with E-state index >= 15 is 0 Å². The van der Waals surface area contributed by atoms with Gasteiger partial charge in [-0.15, -0.1) is 0 Å². The summed E-state index contributed by atoms with van der Waals surface area (Å²) in [6.07, 6.45) is 3.97. The molecule has 1 aromatic heterocycles. The Kier molecular flexibility index (Phi) is 5.41. The highest BCUT2D eigenvalue weighted by Gasteiger charge is 2.30. The molecular weight excluding hydrogens is 384 g/mol. The zero-order valence-electron chi connectivity index (χ0n) is 17.1. The first kappa shape index (κ1) is 20.0. The second-order valence-electron chi connectivity index (χ2n) is 8.42. The number of nitrogens with one attached hydrogen (secondary N) is 1. The average molecular weight is 411 g/mol. The number of hydrogen-bond acceptors (Lipinski definition) is 2. The number of H-pyrrole nitrogens is 1. The van der Waals surface area contributed by atoms with E-state index in [4.69, 9.17) is 11.6 Å². The number of aromatic carboxylic acids is 1. The third-order valence-electron chi connectivity index (χ3n) is 6.45. The Morgan fingerprint density at radius 2 is 1.97 bits per heavy atom. The van der Waals surface area contributed by atoms with Crippen molar-refractivity contribution in [3.63, 3.8) is 0 Å². The van der Waals surface area contributed by atoms with Crippen LogP contribution in [0.15, 0.2) is 36.5 Å². The molecular formula is C24H27ClN2O2.